The third-order valence-corrected chi connectivity index (χ3v) is 12.1. The molecule has 24 nitrogen and oxygen atoms in total. The maximum Gasteiger partial charge on any atom is 0.479 e. The first-order valence-corrected chi connectivity index (χ1v) is 18.5. The number of anilines is 2. The van der Waals surface area contributed by atoms with Crippen LogP contribution in [0.3, 0.4) is 0 Å². The number of nitrogens with zero attached hydrogens (tertiary/aromatic N) is 6. The topological polar surface area (TPSA) is 362 Å². The highest BCUT2D eigenvalue weighted by atomic mass is 32.5. The van der Waals surface area contributed by atoms with Gasteiger partial charge in [-0.05, 0) is 17.9 Å². The van der Waals surface area contributed by atoms with Gasteiger partial charge in [0, 0.05) is 6.20 Å². The minimum Gasteiger partial charge on any atom is -0.387 e. The van der Waals surface area contributed by atoms with E-state index in [0.29, 0.717) is 0 Å². The van der Waals surface area contributed by atoms with Crippen molar-refractivity contribution in [3.8, 4) is 0 Å². The van der Waals surface area contributed by atoms with Crippen LogP contribution in [-0.2, 0) is 48.1 Å². The molecule has 0 saturated carbocycles. The molecule has 5 rings (SSSR count). The zero-order chi connectivity index (χ0) is 34.5. The van der Waals surface area contributed by atoms with Crippen molar-refractivity contribution in [2.45, 2.75) is 49.1 Å². The Morgan fingerprint density at radius 2 is 1.38 bits per heavy atom. The maximum absolute atomic E-state index is 12.5. The minimum absolute atomic E-state index is 0.0295. The molecule has 3 aromatic rings. The Morgan fingerprint density at radius 1 is 0.851 bits per heavy atom. The van der Waals surface area contributed by atoms with E-state index in [0.717, 1.165) is 17.1 Å². The number of fused-ring (bicyclic) bond motifs is 1. The summed E-state index contributed by atoms with van der Waals surface area (Å²) in [5, 5.41) is 41.5. The quantitative estimate of drug-likeness (QED) is 0.0832. The van der Waals surface area contributed by atoms with Crippen molar-refractivity contribution in [2.75, 3.05) is 24.7 Å². The Hall–Kier alpha value is -2.38. The molecule has 47 heavy (non-hydrogen) atoms. The second kappa shape index (κ2) is 13.5. The van der Waals surface area contributed by atoms with Gasteiger partial charge in [0.2, 0.25) is 0 Å². The Bertz CT molecular complexity index is 1830. The van der Waals surface area contributed by atoms with Gasteiger partial charge in [0.05, 0.1) is 19.5 Å². The van der Waals surface area contributed by atoms with E-state index in [1.807, 2.05) is 0 Å². The van der Waals surface area contributed by atoms with Gasteiger partial charge in [0.25, 0.3) is 0 Å². The highest BCUT2D eigenvalue weighted by Crippen LogP contribution is 2.68. The fraction of sp³-hybridized carbons (Fsp3) is 0.526. The number of aliphatic hydroxyl groups is 4. The first-order chi connectivity index (χ1) is 21.9. The van der Waals surface area contributed by atoms with E-state index >= 15 is 0 Å². The van der Waals surface area contributed by atoms with Gasteiger partial charge in [-0.15, -0.1) is 0 Å². The zero-order valence-electron chi connectivity index (χ0n) is 23.2. The highest BCUT2D eigenvalue weighted by Gasteiger charge is 2.48. The summed E-state index contributed by atoms with van der Waals surface area (Å²) in [5.74, 6) is -0.0993. The lowest BCUT2D eigenvalue weighted by molar-refractivity contribution is -0.0541. The van der Waals surface area contributed by atoms with Crippen molar-refractivity contribution in [3.63, 3.8) is 0 Å². The molecule has 2 fully saturated rings. The highest BCUT2D eigenvalue weighted by molar-refractivity contribution is 8.09. The molecule has 0 aliphatic carbocycles. The number of aliphatic hydroxyl groups excluding tert-OH is 4. The number of hydrogen-bond acceptors (Lipinski definition) is 20. The average molecular weight is 748 g/mol. The standard InChI is InChI=1S/C19H27N8O16P3S/c20-9-1-2-26(19(32)25-9)17-13(30)11(28)7(40-17)3-38-44(33,34)42-46(37,47)43-45(35,36)39-4-8-12(29)14(31)18(41-8)27-6-24-10-15(21)22-5-23-16(10)27/h1-2,5-8,11-14,17-18,28-31H,3-4H2,(H,33,34)(H,35,36)(H,37,47)(H2,20,25,32)(H2,21,22,23)/t7-,8-,11-,12-,13-,14-,17-,18-,46?/m1/s1. The number of nitrogens with two attached hydrogens (primary N) is 2. The smallest absolute Gasteiger partial charge is 0.387 e. The molecule has 0 spiro atoms. The number of nitrogen functional groups attached to an aromatic ring is 2. The number of imidazole rings is 1. The van der Waals surface area contributed by atoms with E-state index in [1.165, 1.54) is 17.0 Å². The van der Waals surface area contributed by atoms with Crippen molar-refractivity contribution < 1.29 is 71.4 Å². The molecule has 11 N–H and O–H groups in total. The van der Waals surface area contributed by atoms with Gasteiger partial charge in [-0.1, -0.05) is 0 Å². The fourth-order valence-electron chi connectivity index (χ4n) is 4.53. The van der Waals surface area contributed by atoms with Crippen molar-refractivity contribution in [2.24, 2.45) is 0 Å². The van der Waals surface area contributed by atoms with Crippen LogP contribution in [0.5, 0.6) is 0 Å². The maximum atomic E-state index is 12.5. The van der Waals surface area contributed by atoms with Crippen molar-refractivity contribution in [1.29, 1.82) is 0 Å². The number of rotatable bonds is 12. The molecular weight excluding hydrogens is 721 g/mol. The van der Waals surface area contributed by atoms with Crippen LogP contribution in [0.2, 0.25) is 0 Å². The number of aromatic nitrogens is 6. The predicted molar refractivity (Wildman–Crippen MR) is 155 cm³/mol. The molecular formula is C19H27N8O16P3S. The third-order valence-electron chi connectivity index (χ3n) is 6.68. The predicted octanol–water partition coefficient (Wildman–Crippen LogP) is -3.03. The SMILES string of the molecule is Nc1ccn([C@@H]2O[C@H](COP(=O)(O)OP(O)(=S)OP(=O)(O)OC[C@H]3O[C@@H](n4cnc5c(N)ncnc54)[C@H](O)[C@@H]3O)[C@@H](O)[C@H]2O)c(=O)n1. The summed E-state index contributed by atoms with van der Waals surface area (Å²) >= 11 is 4.53. The van der Waals surface area contributed by atoms with Gasteiger partial charge >= 0.3 is 28.1 Å². The summed E-state index contributed by atoms with van der Waals surface area (Å²) in [6.45, 7) is -7.06. The normalized spacial score (nSPS) is 31.8. The van der Waals surface area contributed by atoms with Crippen LogP contribution in [-0.4, -0.2) is 114 Å². The van der Waals surface area contributed by atoms with Gasteiger partial charge in [0.15, 0.2) is 23.9 Å². The molecule has 11 atom stereocenters. The van der Waals surface area contributed by atoms with E-state index in [-0.39, 0.29) is 22.8 Å². The summed E-state index contributed by atoms with van der Waals surface area (Å²) in [6, 6.07) is 1.21. The third kappa shape index (κ3) is 7.93. The number of phosphoric ester groups is 2. The summed E-state index contributed by atoms with van der Waals surface area (Å²) in [5.41, 5.74) is 10.5. The molecule has 5 heterocycles. The fourth-order valence-corrected chi connectivity index (χ4v) is 9.57. The summed E-state index contributed by atoms with van der Waals surface area (Å²) < 4.78 is 55.9. The van der Waals surface area contributed by atoms with Crippen LogP contribution in [0.1, 0.15) is 12.5 Å². The van der Waals surface area contributed by atoms with Gasteiger partial charge in [-0.3, -0.25) is 18.2 Å². The molecule has 3 aromatic heterocycles. The second-order valence-corrected chi connectivity index (χ2v) is 15.9. The monoisotopic (exact) mass is 748 g/mol. The van der Waals surface area contributed by atoms with E-state index < -0.39 is 90.3 Å². The molecule has 2 aliphatic rings. The molecule has 28 heteroatoms. The van der Waals surface area contributed by atoms with Crippen LogP contribution in [0.15, 0.2) is 29.7 Å². The molecule has 0 amide bonds. The Kier molecular flexibility index (Phi) is 10.3. The summed E-state index contributed by atoms with van der Waals surface area (Å²) in [6.07, 6.45) is -9.22. The lowest BCUT2D eigenvalue weighted by Crippen LogP contribution is -2.36. The molecule has 0 aromatic carbocycles. The number of phosphoric acid groups is 2. The first kappa shape index (κ1) is 35.9. The largest absolute Gasteiger partial charge is 0.479 e. The number of ether oxygens (including phenoxy) is 2. The van der Waals surface area contributed by atoms with Crippen LogP contribution in [0, 0.1) is 0 Å². The Morgan fingerprint density at radius 3 is 1.91 bits per heavy atom. The molecule has 260 valence electrons. The van der Waals surface area contributed by atoms with E-state index in [4.69, 9.17) is 25.5 Å². The van der Waals surface area contributed by atoms with Crippen LogP contribution in [0.25, 0.3) is 11.2 Å². The lowest BCUT2D eigenvalue weighted by Gasteiger charge is -2.23. The lowest BCUT2D eigenvalue weighted by atomic mass is 10.1. The van der Waals surface area contributed by atoms with Crippen molar-refractivity contribution in [1.82, 2.24) is 29.1 Å². The first-order valence-electron chi connectivity index (χ1n) is 12.9. The summed E-state index contributed by atoms with van der Waals surface area (Å²) in [7, 11) is -10.9. The van der Waals surface area contributed by atoms with Gasteiger partial charge in [-0.25, -0.2) is 37.5 Å². The average Bonchev–Trinajstić information content (AvgIpc) is 3.60. The van der Waals surface area contributed by atoms with Gasteiger partial charge in [0.1, 0.15) is 54.3 Å². The Labute approximate surface area is 266 Å². The molecule has 3 unspecified atom stereocenters. The minimum atomic E-state index is -5.44. The van der Waals surface area contributed by atoms with Crippen molar-refractivity contribution >= 4 is 57.0 Å². The van der Waals surface area contributed by atoms with Crippen LogP contribution in [0.4, 0.5) is 11.6 Å². The Balaban J connectivity index is 1.15. The van der Waals surface area contributed by atoms with Gasteiger partial charge < -0.3 is 56.0 Å². The van der Waals surface area contributed by atoms with Crippen LogP contribution >= 0.6 is 22.4 Å². The molecule has 2 saturated heterocycles. The van der Waals surface area contributed by atoms with Crippen molar-refractivity contribution in [3.05, 3.63) is 35.4 Å². The van der Waals surface area contributed by atoms with Crippen LogP contribution < -0.4 is 17.2 Å². The van der Waals surface area contributed by atoms with E-state index in [9.17, 15) is 49.0 Å². The van der Waals surface area contributed by atoms with E-state index in [2.05, 4.69) is 44.9 Å². The van der Waals surface area contributed by atoms with Gasteiger partial charge in [-0.2, -0.15) is 4.98 Å². The second-order valence-electron chi connectivity index (χ2n) is 9.88. The molecule has 0 radical (unpaired) electrons. The number of hydrogen-bond donors (Lipinski definition) is 9. The molecule has 0 bridgehead atoms. The van der Waals surface area contributed by atoms with E-state index in [1.54, 1.807) is 0 Å². The zero-order valence-corrected chi connectivity index (χ0v) is 26.7. The molecule has 2 aliphatic heterocycles. The summed E-state index contributed by atoms with van der Waals surface area (Å²) in [4.78, 5) is 57.6.